The first kappa shape index (κ1) is 15.4. The molecule has 1 amide bonds. The van der Waals surface area contributed by atoms with E-state index >= 15 is 0 Å². The van der Waals surface area contributed by atoms with Gasteiger partial charge in [0.15, 0.2) is 0 Å². The smallest absolute Gasteiger partial charge is 0.259 e. The molecule has 0 bridgehead atoms. The number of hydrogen-bond donors (Lipinski definition) is 2. The standard InChI is InChI=1S/C16H17BrN2O2/c1-3-21-14-7-5-4-6-11(14)16(20)19-15-12(17)8-10(2)9-13(15)18/h4-9H,3,18H2,1-2H3,(H,19,20). The van der Waals surface area contributed by atoms with Gasteiger partial charge in [0.1, 0.15) is 5.75 Å². The Labute approximate surface area is 132 Å². The fraction of sp³-hybridized carbons (Fsp3) is 0.188. The number of carbonyl (C=O) groups excluding carboxylic acids is 1. The second-order valence-corrected chi connectivity index (χ2v) is 5.45. The molecule has 0 saturated heterocycles. The summed E-state index contributed by atoms with van der Waals surface area (Å²) < 4.78 is 6.22. The molecule has 0 spiro atoms. The van der Waals surface area contributed by atoms with Gasteiger partial charge in [-0.25, -0.2) is 0 Å². The number of carbonyl (C=O) groups is 1. The van der Waals surface area contributed by atoms with Crippen molar-refractivity contribution in [2.45, 2.75) is 13.8 Å². The minimum absolute atomic E-state index is 0.254. The molecule has 0 unspecified atom stereocenters. The van der Waals surface area contributed by atoms with Crippen LogP contribution in [-0.4, -0.2) is 12.5 Å². The summed E-state index contributed by atoms with van der Waals surface area (Å²) in [6, 6.07) is 10.8. The van der Waals surface area contributed by atoms with E-state index in [4.69, 9.17) is 10.5 Å². The zero-order valence-corrected chi connectivity index (χ0v) is 13.5. The van der Waals surface area contributed by atoms with Gasteiger partial charge < -0.3 is 15.8 Å². The zero-order valence-electron chi connectivity index (χ0n) is 11.9. The first-order valence-electron chi connectivity index (χ1n) is 6.61. The first-order chi connectivity index (χ1) is 10.0. The minimum Gasteiger partial charge on any atom is -0.493 e. The van der Waals surface area contributed by atoms with Crippen molar-refractivity contribution in [1.82, 2.24) is 0 Å². The molecule has 4 nitrogen and oxygen atoms in total. The SMILES string of the molecule is CCOc1ccccc1C(=O)Nc1c(N)cc(C)cc1Br. The van der Waals surface area contributed by atoms with Crippen LogP contribution in [0.3, 0.4) is 0 Å². The van der Waals surface area contributed by atoms with Gasteiger partial charge in [-0.05, 0) is 59.6 Å². The van der Waals surface area contributed by atoms with Gasteiger partial charge in [-0.2, -0.15) is 0 Å². The predicted molar refractivity (Wildman–Crippen MR) is 88.9 cm³/mol. The summed E-state index contributed by atoms with van der Waals surface area (Å²) in [5.74, 6) is 0.301. The highest BCUT2D eigenvalue weighted by molar-refractivity contribution is 9.10. The number of nitrogen functional groups attached to an aromatic ring is 1. The van der Waals surface area contributed by atoms with Crippen LogP contribution in [-0.2, 0) is 0 Å². The number of anilines is 2. The number of benzene rings is 2. The number of hydrogen-bond acceptors (Lipinski definition) is 3. The van der Waals surface area contributed by atoms with Crippen molar-refractivity contribution in [2.24, 2.45) is 0 Å². The number of para-hydroxylation sites is 1. The Hall–Kier alpha value is -2.01. The largest absolute Gasteiger partial charge is 0.493 e. The average molecular weight is 349 g/mol. The lowest BCUT2D eigenvalue weighted by molar-refractivity contribution is 0.102. The van der Waals surface area contributed by atoms with E-state index in [-0.39, 0.29) is 5.91 Å². The lowest BCUT2D eigenvalue weighted by Gasteiger charge is -2.13. The second kappa shape index (κ2) is 6.63. The number of nitrogens with two attached hydrogens (primary N) is 1. The van der Waals surface area contributed by atoms with Crippen molar-refractivity contribution in [2.75, 3.05) is 17.7 Å². The predicted octanol–water partition coefficient (Wildman–Crippen LogP) is 3.99. The molecule has 0 fully saturated rings. The lowest BCUT2D eigenvalue weighted by Crippen LogP contribution is -2.15. The third-order valence-corrected chi connectivity index (χ3v) is 3.56. The van der Waals surface area contributed by atoms with E-state index in [1.807, 2.05) is 32.0 Å². The molecule has 0 aliphatic heterocycles. The fourth-order valence-electron chi connectivity index (χ4n) is 2.02. The summed E-state index contributed by atoms with van der Waals surface area (Å²) in [5.41, 5.74) is 8.55. The molecule has 3 N–H and O–H groups in total. The summed E-state index contributed by atoms with van der Waals surface area (Å²) in [7, 11) is 0. The number of aryl methyl sites for hydroxylation is 1. The van der Waals surface area contributed by atoms with Crippen molar-refractivity contribution in [3.8, 4) is 5.75 Å². The zero-order chi connectivity index (χ0) is 15.4. The summed E-state index contributed by atoms with van der Waals surface area (Å²) in [6.45, 7) is 4.32. The Morgan fingerprint density at radius 3 is 2.71 bits per heavy atom. The molecule has 2 rings (SSSR count). The first-order valence-corrected chi connectivity index (χ1v) is 7.41. The quantitative estimate of drug-likeness (QED) is 0.821. The summed E-state index contributed by atoms with van der Waals surface area (Å²) in [5, 5.41) is 2.83. The van der Waals surface area contributed by atoms with Gasteiger partial charge >= 0.3 is 0 Å². The van der Waals surface area contributed by atoms with Crippen LogP contribution < -0.4 is 15.8 Å². The van der Waals surface area contributed by atoms with Gasteiger partial charge in [0.05, 0.1) is 23.5 Å². The van der Waals surface area contributed by atoms with Crippen LogP contribution in [0.1, 0.15) is 22.8 Å². The van der Waals surface area contributed by atoms with E-state index in [1.165, 1.54) is 0 Å². The van der Waals surface area contributed by atoms with Crippen LogP contribution in [0.2, 0.25) is 0 Å². The summed E-state index contributed by atoms with van der Waals surface area (Å²) >= 11 is 3.42. The lowest BCUT2D eigenvalue weighted by atomic mass is 10.1. The Kier molecular flexibility index (Phi) is 4.85. The second-order valence-electron chi connectivity index (χ2n) is 4.59. The molecule has 0 aromatic heterocycles. The normalized spacial score (nSPS) is 10.2. The van der Waals surface area contributed by atoms with Crippen LogP contribution in [0, 0.1) is 6.92 Å². The summed E-state index contributed by atoms with van der Waals surface area (Å²) in [6.07, 6.45) is 0. The highest BCUT2D eigenvalue weighted by atomic mass is 79.9. The van der Waals surface area contributed by atoms with E-state index in [0.717, 1.165) is 10.0 Å². The van der Waals surface area contributed by atoms with E-state index < -0.39 is 0 Å². The molecule has 0 aliphatic rings. The van der Waals surface area contributed by atoms with Crippen molar-refractivity contribution < 1.29 is 9.53 Å². The monoisotopic (exact) mass is 348 g/mol. The average Bonchev–Trinajstić information content (AvgIpc) is 2.43. The van der Waals surface area contributed by atoms with Gasteiger partial charge in [-0.1, -0.05) is 12.1 Å². The summed E-state index contributed by atoms with van der Waals surface area (Å²) in [4.78, 5) is 12.4. The molecule has 2 aromatic rings. The van der Waals surface area contributed by atoms with Gasteiger partial charge in [-0.15, -0.1) is 0 Å². The molecule has 0 saturated carbocycles. The van der Waals surface area contributed by atoms with Gasteiger partial charge in [-0.3, -0.25) is 4.79 Å². The van der Waals surface area contributed by atoms with E-state index in [0.29, 0.717) is 29.3 Å². The number of nitrogens with one attached hydrogen (secondary N) is 1. The van der Waals surface area contributed by atoms with Crippen LogP contribution in [0.25, 0.3) is 0 Å². The highest BCUT2D eigenvalue weighted by Gasteiger charge is 2.15. The van der Waals surface area contributed by atoms with E-state index in [2.05, 4.69) is 21.2 Å². The van der Waals surface area contributed by atoms with Crippen molar-refractivity contribution in [3.05, 3.63) is 52.0 Å². The maximum atomic E-state index is 12.4. The van der Waals surface area contributed by atoms with Gasteiger partial charge in [0, 0.05) is 4.47 Å². The minimum atomic E-state index is -0.254. The molecule has 21 heavy (non-hydrogen) atoms. The van der Waals surface area contributed by atoms with Crippen molar-refractivity contribution in [3.63, 3.8) is 0 Å². The van der Waals surface area contributed by atoms with Crippen LogP contribution in [0.15, 0.2) is 40.9 Å². The molecule has 0 atom stereocenters. The Balaban J connectivity index is 2.31. The number of rotatable bonds is 4. The highest BCUT2D eigenvalue weighted by Crippen LogP contribution is 2.31. The maximum Gasteiger partial charge on any atom is 0.259 e. The Morgan fingerprint density at radius 1 is 1.33 bits per heavy atom. The van der Waals surface area contributed by atoms with Gasteiger partial charge in [0.2, 0.25) is 0 Å². The molecule has 0 aliphatic carbocycles. The molecule has 5 heteroatoms. The third kappa shape index (κ3) is 3.55. The Bertz CT molecular complexity index is 648. The number of amides is 1. The van der Waals surface area contributed by atoms with E-state index in [1.54, 1.807) is 18.2 Å². The molecular formula is C16H17BrN2O2. The molecule has 0 radical (unpaired) electrons. The fourth-order valence-corrected chi connectivity index (χ4v) is 2.71. The molecular weight excluding hydrogens is 332 g/mol. The molecule has 110 valence electrons. The van der Waals surface area contributed by atoms with Crippen LogP contribution >= 0.6 is 15.9 Å². The van der Waals surface area contributed by atoms with Crippen molar-refractivity contribution in [1.29, 1.82) is 0 Å². The van der Waals surface area contributed by atoms with E-state index in [9.17, 15) is 4.79 Å². The third-order valence-electron chi connectivity index (χ3n) is 2.94. The number of ether oxygens (including phenoxy) is 1. The molecule has 2 aromatic carbocycles. The van der Waals surface area contributed by atoms with Gasteiger partial charge in [0.25, 0.3) is 5.91 Å². The van der Waals surface area contributed by atoms with Crippen LogP contribution in [0.4, 0.5) is 11.4 Å². The van der Waals surface area contributed by atoms with Crippen molar-refractivity contribution >= 4 is 33.2 Å². The molecule has 0 heterocycles. The maximum absolute atomic E-state index is 12.4. The number of halogens is 1. The topological polar surface area (TPSA) is 64.3 Å². The van der Waals surface area contributed by atoms with Crippen LogP contribution in [0.5, 0.6) is 5.75 Å². The Morgan fingerprint density at radius 2 is 2.05 bits per heavy atom.